The lowest BCUT2D eigenvalue weighted by Crippen LogP contribution is -2.18. The smallest absolute Gasteiger partial charge is 0.321 e. The van der Waals surface area contributed by atoms with Crippen LogP contribution in [-0.2, 0) is 0 Å². The van der Waals surface area contributed by atoms with Gasteiger partial charge in [-0.25, -0.2) is 9.78 Å². The Kier molecular flexibility index (Phi) is 3.51. The monoisotopic (exact) mass is 372 g/mol. The number of carbonyl (C=O) groups excluding carboxylic acids is 1. The van der Waals surface area contributed by atoms with Crippen LogP contribution in [0.15, 0.2) is 77.6 Å². The number of H-pyrrole nitrogens is 1. The predicted octanol–water partition coefficient (Wildman–Crippen LogP) is 3.73. The summed E-state index contributed by atoms with van der Waals surface area (Å²) >= 11 is 1.25. The van der Waals surface area contributed by atoms with Crippen molar-refractivity contribution in [1.29, 1.82) is 0 Å². The molecule has 130 valence electrons. The van der Waals surface area contributed by atoms with Crippen LogP contribution in [-0.4, -0.2) is 10.3 Å². The van der Waals surface area contributed by atoms with Crippen LogP contribution in [0.2, 0.25) is 0 Å². The van der Waals surface area contributed by atoms with E-state index in [9.17, 15) is 9.59 Å². The number of para-hydroxylation sites is 2. The summed E-state index contributed by atoms with van der Waals surface area (Å²) < 4.78 is 1.59. The van der Waals surface area contributed by atoms with Crippen molar-refractivity contribution in [2.24, 2.45) is 0 Å². The van der Waals surface area contributed by atoms with Gasteiger partial charge < -0.3 is 5.32 Å². The van der Waals surface area contributed by atoms with E-state index in [0.717, 1.165) is 27.5 Å². The van der Waals surface area contributed by atoms with E-state index in [1.807, 2.05) is 66.7 Å². The van der Waals surface area contributed by atoms with Gasteiger partial charge in [0, 0.05) is 11.1 Å². The maximum absolute atomic E-state index is 12.8. The lowest BCUT2D eigenvalue weighted by atomic mass is 10.1. The van der Waals surface area contributed by atoms with Crippen LogP contribution < -0.4 is 15.9 Å². The number of rotatable bonds is 2. The molecule has 3 aromatic carbocycles. The Labute approximate surface area is 157 Å². The van der Waals surface area contributed by atoms with Gasteiger partial charge in [-0.3, -0.25) is 4.79 Å². The molecule has 0 aliphatic carbocycles. The molecule has 0 radical (unpaired) electrons. The van der Waals surface area contributed by atoms with Crippen LogP contribution in [0, 0.1) is 0 Å². The van der Waals surface area contributed by atoms with Crippen molar-refractivity contribution in [3.8, 4) is 0 Å². The molecular formula is C21H14N3O2S+. The summed E-state index contributed by atoms with van der Waals surface area (Å²) in [6, 6.07) is 22.6. The number of anilines is 1. The highest BCUT2D eigenvalue weighted by Gasteiger charge is 2.19. The number of fused-ring (bicyclic) bond motifs is 4. The number of benzene rings is 3. The molecule has 0 saturated heterocycles. The molecular weight excluding hydrogens is 358 g/mol. The highest BCUT2D eigenvalue weighted by atomic mass is 32.1. The Hall–Kier alpha value is -3.51. The van der Waals surface area contributed by atoms with Gasteiger partial charge in [-0.1, -0.05) is 48.5 Å². The maximum atomic E-state index is 12.8. The molecule has 0 aliphatic heterocycles. The Bertz CT molecular complexity index is 1400. The van der Waals surface area contributed by atoms with Gasteiger partial charge in [-0.05, 0) is 34.9 Å². The number of hydrogen-bond donors (Lipinski definition) is 1. The second-order valence-electron chi connectivity index (χ2n) is 6.21. The molecule has 2 heterocycles. The van der Waals surface area contributed by atoms with Gasteiger partial charge in [-0.2, -0.15) is 0 Å². The summed E-state index contributed by atoms with van der Waals surface area (Å²) in [6.07, 6.45) is 0. The minimum Gasteiger partial charge on any atom is -0.321 e. The highest BCUT2D eigenvalue weighted by molar-refractivity contribution is 7.18. The molecule has 0 saturated carbocycles. The third kappa shape index (κ3) is 2.58. The van der Waals surface area contributed by atoms with E-state index in [0.29, 0.717) is 9.84 Å². The molecule has 0 unspecified atom stereocenters. The number of nitrogens with one attached hydrogen (secondary N) is 2. The third-order valence-electron chi connectivity index (χ3n) is 4.53. The normalized spacial score (nSPS) is 11.3. The second-order valence-corrected chi connectivity index (χ2v) is 7.24. The van der Waals surface area contributed by atoms with E-state index < -0.39 is 0 Å². The average molecular weight is 372 g/mol. The summed E-state index contributed by atoms with van der Waals surface area (Å²) in [6.45, 7) is 0. The van der Waals surface area contributed by atoms with Crippen molar-refractivity contribution in [3.63, 3.8) is 0 Å². The molecule has 5 rings (SSSR count). The predicted molar refractivity (Wildman–Crippen MR) is 108 cm³/mol. The molecule has 0 fully saturated rings. The van der Waals surface area contributed by atoms with E-state index >= 15 is 0 Å². The van der Waals surface area contributed by atoms with Gasteiger partial charge in [0.2, 0.25) is 0 Å². The maximum Gasteiger partial charge on any atom is 0.348 e. The van der Waals surface area contributed by atoms with Crippen molar-refractivity contribution in [2.75, 3.05) is 5.32 Å². The van der Waals surface area contributed by atoms with E-state index in [1.54, 1.807) is 4.40 Å². The number of hydrogen-bond acceptors (Lipinski definition) is 3. The van der Waals surface area contributed by atoms with Gasteiger partial charge in [0.1, 0.15) is 4.88 Å². The standard InChI is InChI=1S/C21H13N3O2S/c25-19-12-18(27-21-23-16-9-3-4-11-17(16)24(19)21)20(26)22-15-10-5-7-13-6-1-2-8-14(13)15/h1-12H,(H,22,26)/p+1. The number of carbonyl (C=O) groups is 1. The van der Waals surface area contributed by atoms with Crippen molar-refractivity contribution in [2.45, 2.75) is 0 Å². The Morgan fingerprint density at radius 1 is 0.963 bits per heavy atom. The average Bonchev–Trinajstić information content (AvgIpc) is 3.07. The Morgan fingerprint density at radius 3 is 2.67 bits per heavy atom. The number of amides is 1. The van der Waals surface area contributed by atoms with Gasteiger partial charge in [0.05, 0.1) is 6.07 Å². The molecule has 0 aliphatic rings. The number of aromatic amines is 1. The molecule has 5 aromatic rings. The van der Waals surface area contributed by atoms with Gasteiger partial charge in [0.25, 0.3) is 5.91 Å². The van der Waals surface area contributed by atoms with Gasteiger partial charge in [0.15, 0.2) is 11.0 Å². The zero-order valence-electron chi connectivity index (χ0n) is 14.1. The lowest BCUT2D eigenvalue weighted by Gasteiger charge is -2.08. The topological polar surface area (TPSA) is 64.7 Å². The third-order valence-corrected chi connectivity index (χ3v) is 5.53. The Balaban J connectivity index is 1.59. The quantitative estimate of drug-likeness (QED) is 0.513. The van der Waals surface area contributed by atoms with E-state index in [1.165, 1.54) is 17.4 Å². The molecule has 2 aromatic heterocycles. The molecule has 0 atom stereocenters. The van der Waals surface area contributed by atoms with Crippen LogP contribution >= 0.6 is 11.3 Å². The van der Waals surface area contributed by atoms with Gasteiger partial charge >= 0.3 is 10.5 Å². The second kappa shape index (κ2) is 6.03. The van der Waals surface area contributed by atoms with E-state index in [-0.39, 0.29) is 11.5 Å². The molecule has 2 N–H and O–H groups in total. The minimum atomic E-state index is -0.297. The van der Waals surface area contributed by atoms with Crippen molar-refractivity contribution in [3.05, 3.63) is 88.0 Å². The summed E-state index contributed by atoms with van der Waals surface area (Å²) in [5.74, 6) is -0.297. The first kappa shape index (κ1) is 15.7. The number of nitrogens with zero attached hydrogens (tertiary/aromatic N) is 1. The first-order valence-corrected chi connectivity index (χ1v) is 9.28. The molecule has 27 heavy (non-hydrogen) atoms. The fourth-order valence-electron chi connectivity index (χ4n) is 3.29. The van der Waals surface area contributed by atoms with Crippen molar-refractivity contribution < 1.29 is 9.78 Å². The number of aromatic nitrogens is 2. The first-order valence-electron chi connectivity index (χ1n) is 8.46. The van der Waals surface area contributed by atoms with Crippen molar-refractivity contribution >= 4 is 49.7 Å². The minimum absolute atomic E-state index is 0.232. The SMILES string of the molecule is O=C(Nc1cccc2ccccc12)c1cc(=O)n2c([nH+]c3ccccc32)s1. The van der Waals surface area contributed by atoms with Crippen LogP contribution in [0.3, 0.4) is 0 Å². The molecule has 1 amide bonds. The molecule has 6 heteroatoms. The van der Waals surface area contributed by atoms with E-state index in [4.69, 9.17) is 0 Å². The highest BCUT2D eigenvalue weighted by Crippen LogP contribution is 2.24. The van der Waals surface area contributed by atoms with Crippen LogP contribution in [0.4, 0.5) is 5.69 Å². The van der Waals surface area contributed by atoms with Crippen LogP contribution in [0.25, 0.3) is 26.8 Å². The summed E-state index contributed by atoms with van der Waals surface area (Å²) in [4.78, 5) is 29.6. The molecule has 5 nitrogen and oxygen atoms in total. The number of imidazole rings is 1. The van der Waals surface area contributed by atoms with E-state index in [2.05, 4.69) is 10.3 Å². The van der Waals surface area contributed by atoms with Crippen LogP contribution in [0.1, 0.15) is 9.67 Å². The van der Waals surface area contributed by atoms with Crippen LogP contribution in [0.5, 0.6) is 0 Å². The zero-order valence-corrected chi connectivity index (χ0v) is 14.9. The lowest BCUT2D eigenvalue weighted by molar-refractivity contribution is -0.308. The molecule has 0 bridgehead atoms. The zero-order chi connectivity index (χ0) is 18.4. The fraction of sp³-hybridized carbons (Fsp3) is 0. The summed E-state index contributed by atoms with van der Waals surface area (Å²) in [7, 11) is 0. The summed E-state index contributed by atoms with van der Waals surface area (Å²) in [5, 5.41) is 4.94. The first-order chi connectivity index (χ1) is 13.2. The molecule has 0 spiro atoms. The largest absolute Gasteiger partial charge is 0.348 e. The Morgan fingerprint density at radius 2 is 1.74 bits per heavy atom. The van der Waals surface area contributed by atoms with Gasteiger partial charge in [-0.15, -0.1) is 4.40 Å². The van der Waals surface area contributed by atoms with Crippen molar-refractivity contribution in [1.82, 2.24) is 4.40 Å². The fourth-order valence-corrected chi connectivity index (χ4v) is 4.24. The summed E-state index contributed by atoms with van der Waals surface area (Å²) in [5.41, 5.74) is 2.15.